The molecule has 1 fully saturated rings. The Hall–Kier alpha value is -0.720. The molecule has 1 unspecified atom stereocenters. The van der Waals surface area contributed by atoms with Crippen LogP contribution in [0, 0.1) is 0 Å². The Morgan fingerprint density at radius 1 is 1.44 bits per heavy atom. The summed E-state index contributed by atoms with van der Waals surface area (Å²) in [7, 11) is 2.17. The predicted molar refractivity (Wildman–Crippen MR) is 73.1 cm³/mol. The van der Waals surface area contributed by atoms with Gasteiger partial charge >= 0.3 is 0 Å². The predicted octanol–water partition coefficient (Wildman–Crippen LogP) is 1.51. The topological polar surface area (TPSA) is 50.3 Å². The van der Waals surface area contributed by atoms with Crippen molar-refractivity contribution in [1.29, 1.82) is 0 Å². The minimum atomic E-state index is 0.528. The third kappa shape index (κ3) is 3.90. The van der Waals surface area contributed by atoms with E-state index < -0.39 is 0 Å². The molecule has 1 aliphatic rings. The van der Waals surface area contributed by atoms with Gasteiger partial charge in [0.1, 0.15) is 11.6 Å². The lowest BCUT2D eigenvalue weighted by molar-refractivity contribution is 0.124. The van der Waals surface area contributed by atoms with Crippen LogP contribution in [0.25, 0.3) is 0 Å². The first-order chi connectivity index (χ1) is 8.79. The normalized spacial score (nSPS) is 21.1. The molecule has 1 saturated heterocycles. The molecule has 1 N–H and O–H groups in total. The van der Waals surface area contributed by atoms with Gasteiger partial charge in [0.15, 0.2) is 0 Å². The molecule has 0 radical (unpaired) electrons. The quantitative estimate of drug-likeness (QED) is 0.849. The monoisotopic (exact) mass is 270 g/mol. The van der Waals surface area contributed by atoms with Gasteiger partial charge in [0.25, 0.3) is 5.19 Å². The highest BCUT2D eigenvalue weighted by atomic mass is 32.1. The number of likely N-dealkylation sites (tertiary alicyclic amines) is 1. The van der Waals surface area contributed by atoms with E-state index in [0.717, 1.165) is 24.7 Å². The van der Waals surface area contributed by atoms with Crippen molar-refractivity contribution in [3.05, 3.63) is 5.01 Å². The number of hydrogen-bond acceptors (Lipinski definition) is 6. The number of nitrogens with one attached hydrogen (secondary N) is 1. The second-order valence-electron chi connectivity index (χ2n) is 4.68. The lowest BCUT2D eigenvalue weighted by atomic mass is 10.0. The zero-order valence-corrected chi connectivity index (χ0v) is 12.0. The van der Waals surface area contributed by atoms with Gasteiger partial charge in [-0.15, -0.1) is 10.2 Å². The van der Waals surface area contributed by atoms with Crippen molar-refractivity contribution in [2.45, 2.75) is 38.8 Å². The zero-order valence-electron chi connectivity index (χ0n) is 11.2. The molecule has 1 aromatic heterocycles. The smallest absolute Gasteiger partial charge is 0.294 e. The highest BCUT2D eigenvalue weighted by Gasteiger charge is 2.19. The van der Waals surface area contributed by atoms with Gasteiger partial charge in [-0.05, 0) is 33.0 Å². The van der Waals surface area contributed by atoms with E-state index in [1.54, 1.807) is 0 Å². The number of likely N-dealkylation sites (N-methyl/N-ethyl adjacent to an activating group) is 1. The minimum absolute atomic E-state index is 0.528. The molecule has 18 heavy (non-hydrogen) atoms. The van der Waals surface area contributed by atoms with Gasteiger partial charge in [0.05, 0.1) is 0 Å². The van der Waals surface area contributed by atoms with E-state index in [9.17, 15) is 0 Å². The van der Waals surface area contributed by atoms with Crippen LogP contribution in [0.2, 0.25) is 0 Å². The molecule has 5 nitrogen and oxygen atoms in total. The fourth-order valence-electron chi connectivity index (χ4n) is 2.12. The Balaban J connectivity index is 1.77. The number of rotatable bonds is 6. The van der Waals surface area contributed by atoms with Crippen molar-refractivity contribution in [3.63, 3.8) is 0 Å². The Bertz CT molecular complexity index is 358. The largest absolute Gasteiger partial charge is 0.467 e. The number of ether oxygens (including phenoxy) is 1. The van der Waals surface area contributed by atoms with E-state index in [4.69, 9.17) is 4.74 Å². The van der Waals surface area contributed by atoms with Crippen molar-refractivity contribution in [2.24, 2.45) is 0 Å². The molecule has 1 aromatic rings. The summed E-state index contributed by atoms with van der Waals surface area (Å²) in [5, 5.41) is 13.1. The SMILES string of the molecule is CCNCc1nnc(OCC2CCCCN2C)s1. The average molecular weight is 270 g/mol. The number of hydrogen-bond donors (Lipinski definition) is 1. The number of piperidine rings is 1. The van der Waals surface area contributed by atoms with E-state index >= 15 is 0 Å². The molecular weight excluding hydrogens is 248 g/mol. The number of aromatic nitrogens is 2. The van der Waals surface area contributed by atoms with Crippen LogP contribution in [0.4, 0.5) is 0 Å². The maximum absolute atomic E-state index is 5.75. The zero-order chi connectivity index (χ0) is 12.8. The molecule has 2 rings (SSSR count). The Morgan fingerprint density at radius 3 is 3.11 bits per heavy atom. The summed E-state index contributed by atoms with van der Waals surface area (Å²) in [5.74, 6) is 0. The van der Waals surface area contributed by atoms with Crippen molar-refractivity contribution in [2.75, 3.05) is 26.7 Å². The fraction of sp³-hybridized carbons (Fsp3) is 0.833. The second kappa shape index (κ2) is 7.01. The summed E-state index contributed by atoms with van der Waals surface area (Å²) in [5.41, 5.74) is 0. The first-order valence-corrected chi connectivity index (χ1v) is 7.47. The lowest BCUT2D eigenvalue weighted by Gasteiger charge is -2.31. The second-order valence-corrected chi connectivity index (χ2v) is 5.71. The van der Waals surface area contributed by atoms with Crippen LogP contribution in [-0.2, 0) is 6.54 Å². The molecule has 0 amide bonds. The van der Waals surface area contributed by atoms with Crippen LogP contribution in [-0.4, -0.2) is 47.9 Å². The van der Waals surface area contributed by atoms with Crippen molar-refractivity contribution >= 4 is 11.3 Å². The third-order valence-corrected chi connectivity index (χ3v) is 4.13. The molecule has 0 aromatic carbocycles. The van der Waals surface area contributed by atoms with Gasteiger partial charge < -0.3 is 15.0 Å². The summed E-state index contributed by atoms with van der Waals surface area (Å²) in [6.07, 6.45) is 3.83. The van der Waals surface area contributed by atoms with Gasteiger partial charge in [-0.3, -0.25) is 0 Å². The minimum Gasteiger partial charge on any atom is -0.467 e. The van der Waals surface area contributed by atoms with Crippen LogP contribution >= 0.6 is 11.3 Å². The van der Waals surface area contributed by atoms with Crippen molar-refractivity contribution < 1.29 is 4.74 Å². The molecule has 0 bridgehead atoms. The van der Waals surface area contributed by atoms with Crippen LogP contribution < -0.4 is 10.1 Å². The molecule has 102 valence electrons. The van der Waals surface area contributed by atoms with Crippen LogP contribution in [0.5, 0.6) is 5.19 Å². The van der Waals surface area contributed by atoms with E-state index in [-0.39, 0.29) is 0 Å². The van der Waals surface area contributed by atoms with Gasteiger partial charge in [0.2, 0.25) is 0 Å². The van der Waals surface area contributed by atoms with Gasteiger partial charge in [-0.2, -0.15) is 0 Å². The van der Waals surface area contributed by atoms with Gasteiger partial charge in [-0.25, -0.2) is 0 Å². The summed E-state index contributed by atoms with van der Waals surface area (Å²) >= 11 is 1.54. The van der Waals surface area contributed by atoms with Crippen molar-refractivity contribution in [1.82, 2.24) is 20.4 Å². The first kappa shape index (κ1) is 13.7. The van der Waals surface area contributed by atoms with E-state index in [2.05, 4.69) is 34.4 Å². The van der Waals surface area contributed by atoms with E-state index in [0.29, 0.717) is 11.2 Å². The molecule has 6 heteroatoms. The van der Waals surface area contributed by atoms with Crippen molar-refractivity contribution in [3.8, 4) is 5.19 Å². The molecule has 0 saturated carbocycles. The fourth-order valence-corrected chi connectivity index (χ4v) is 2.79. The lowest BCUT2D eigenvalue weighted by Crippen LogP contribution is -2.40. The summed E-state index contributed by atoms with van der Waals surface area (Å²) < 4.78 is 5.75. The first-order valence-electron chi connectivity index (χ1n) is 6.65. The molecule has 0 aliphatic carbocycles. The van der Waals surface area contributed by atoms with E-state index in [1.807, 2.05) is 0 Å². The highest BCUT2D eigenvalue weighted by molar-refractivity contribution is 7.13. The molecular formula is C12H22N4OS. The maximum atomic E-state index is 5.75. The Kier molecular flexibility index (Phi) is 5.34. The standard InChI is InChI=1S/C12H22N4OS/c1-3-13-8-11-14-15-12(18-11)17-9-10-6-4-5-7-16(10)2/h10,13H,3-9H2,1-2H3. The third-order valence-electron chi connectivity index (χ3n) is 3.30. The Morgan fingerprint density at radius 2 is 2.33 bits per heavy atom. The average Bonchev–Trinajstić information content (AvgIpc) is 2.83. The van der Waals surface area contributed by atoms with Gasteiger partial charge in [-0.1, -0.05) is 24.7 Å². The highest BCUT2D eigenvalue weighted by Crippen LogP contribution is 2.20. The summed E-state index contributed by atoms with van der Waals surface area (Å²) in [4.78, 5) is 2.38. The number of nitrogens with zero attached hydrogens (tertiary/aromatic N) is 3. The summed E-state index contributed by atoms with van der Waals surface area (Å²) in [6, 6.07) is 0.528. The van der Waals surface area contributed by atoms with E-state index in [1.165, 1.54) is 37.1 Å². The van der Waals surface area contributed by atoms with Crippen LogP contribution in [0.3, 0.4) is 0 Å². The molecule has 1 atom stereocenters. The Labute approximate surface area is 113 Å². The molecule has 0 spiro atoms. The van der Waals surface area contributed by atoms with Gasteiger partial charge in [0, 0.05) is 12.6 Å². The molecule has 1 aliphatic heterocycles. The van der Waals surface area contributed by atoms with Crippen LogP contribution in [0.15, 0.2) is 0 Å². The maximum Gasteiger partial charge on any atom is 0.294 e. The molecule has 2 heterocycles. The van der Waals surface area contributed by atoms with Crippen LogP contribution in [0.1, 0.15) is 31.2 Å². The summed E-state index contributed by atoms with van der Waals surface area (Å²) in [6.45, 7) is 5.71.